The summed E-state index contributed by atoms with van der Waals surface area (Å²) in [7, 11) is 0. The molecule has 1 saturated heterocycles. The standard InChI is InChI=1S/C25H22FN3O4S/c26-15-10-8-14(9-11-15)18-19(24(32)29-12-4-1-5-13-29)21(16-6-2-3-7-17(16)30)33-23-20(18)22(31)27-25(34)28-23/h2-3,6-11,18,30H,1,4-5,12-13H2,(H2,27,28,31,34). The Balaban J connectivity index is 1.82. The zero-order chi connectivity index (χ0) is 23.8. The monoisotopic (exact) mass is 479 g/mol. The molecule has 2 aliphatic rings. The van der Waals surface area contributed by atoms with Gasteiger partial charge in [0.15, 0.2) is 4.77 Å². The Morgan fingerprint density at radius 1 is 1.06 bits per heavy atom. The lowest BCUT2D eigenvalue weighted by Gasteiger charge is -2.34. The molecule has 2 aromatic carbocycles. The summed E-state index contributed by atoms with van der Waals surface area (Å²) in [6.45, 7) is 1.15. The van der Waals surface area contributed by atoms with Gasteiger partial charge in [-0.15, -0.1) is 0 Å². The van der Waals surface area contributed by atoms with Crippen molar-refractivity contribution in [1.82, 2.24) is 14.9 Å². The molecule has 0 radical (unpaired) electrons. The number of hydrogen-bond acceptors (Lipinski definition) is 5. The van der Waals surface area contributed by atoms with E-state index in [1.54, 1.807) is 35.2 Å². The Morgan fingerprint density at radius 2 is 1.76 bits per heavy atom. The Hall–Kier alpha value is -3.72. The van der Waals surface area contributed by atoms with Crippen LogP contribution in [-0.2, 0) is 4.79 Å². The molecule has 3 N–H and O–H groups in total. The van der Waals surface area contributed by atoms with E-state index in [2.05, 4.69) is 9.97 Å². The number of fused-ring (bicyclic) bond motifs is 1. The van der Waals surface area contributed by atoms with Gasteiger partial charge in [0.2, 0.25) is 5.88 Å². The second kappa shape index (κ2) is 8.90. The van der Waals surface area contributed by atoms with Gasteiger partial charge in [-0.25, -0.2) is 4.39 Å². The minimum Gasteiger partial charge on any atom is -0.507 e. The summed E-state index contributed by atoms with van der Waals surface area (Å²) in [5.41, 5.74) is 0.710. The van der Waals surface area contributed by atoms with E-state index in [4.69, 9.17) is 17.0 Å². The molecule has 9 heteroatoms. The third kappa shape index (κ3) is 3.92. The molecule has 0 spiro atoms. The zero-order valence-corrected chi connectivity index (χ0v) is 19.0. The van der Waals surface area contributed by atoms with Crippen molar-refractivity contribution >= 4 is 23.9 Å². The maximum atomic E-state index is 14.0. The number of hydrogen-bond donors (Lipinski definition) is 3. The summed E-state index contributed by atoms with van der Waals surface area (Å²) >= 11 is 5.14. The first-order valence-corrected chi connectivity index (χ1v) is 11.5. The van der Waals surface area contributed by atoms with Crippen molar-refractivity contribution in [2.24, 2.45) is 0 Å². The summed E-state index contributed by atoms with van der Waals surface area (Å²) in [5, 5.41) is 10.6. The Kier molecular flexibility index (Phi) is 5.79. The molecule has 0 bridgehead atoms. The molecule has 5 rings (SSSR count). The lowest BCUT2D eigenvalue weighted by molar-refractivity contribution is -0.128. The number of carbonyl (C=O) groups excluding carboxylic acids is 1. The van der Waals surface area contributed by atoms with Gasteiger partial charge < -0.3 is 19.7 Å². The van der Waals surface area contributed by atoms with Gasteiger partial charge in [-0.2, -0.15) is 0 Å². The number of nitrogens with one attached hydrogen (secondary N) is 2. The summed E-state index contributed by atoms with van der Waals surface area (Å²) in [6, 6.07) is 12.2. The van der Waals surface area contributed by atoms with Gasteiger partial charge in [0.1, 0.15) is 17.3 Å². The number of aromatic hydroxyl groups is 1. The zero-order valence-electron chi connectivity index (χ0n) is 18.1. The minimum atomic E-state index is -0.871. The smallest absolute Gasteiger partial charge is 0.259 e. The third-order valence-electron chi connectivity index (χ3n) is 6.20. The highest BCUT2D eigenvalue weighted by molar-refractivity contribution is 7.71. The first-order chi connectivity index (χ1) is 16.4. The second-order valence-corrected chi connectivity index (χ2v) is 8.76. The van der Waals surface area contributed by atoms with E-state index in [-0.39, 0.29) is 39.2 Å². The number of ether oxygens (including phenoxy) is 1. The molecule has 1 atom stereocenters. The van der Waals surface area contributed by atoms with Gasteiger partial charge in [0.05, 0.1) is 22.6 Å². The molecule has 1 fully saturated rings. The van der Waals surface area contributed by atoms with E-state index in [0.29, 0.717) is 24.2 Å². The van der Waals surface area contributed by atoms with Crippen molar-refractivity contribution in [2.75, 3.05) is 13.1 Å². The van der Waals surface area contributed by atoms with Crippen LogP contribution in [0.4, 0.5) is 4.39 Å². The van der Waals surface area contributed by atoms with Crippen LogP contribution >= 0.6 is 12.2 Å². The van der Waals surface area contributed by atoms with Crippen LogP contribution in [0.3, 0.4) is 0 Å². The van der Waals surface area contributed by atoms with Gasteiger partial charge in [0.25, 0.3) is 11.5 Å². The van der Waals surface area contributed by atoms with Gasteiger partial charge >= 0.3 is 0 Å². The average molecular weight is 480 g/mol. The maximum absolute atomic E-state index is 14.0. The number of phenolic OH excluding ortho intramolecular Hbond substituents is 1. The van der Waals surface area contributed by atoms with Crippen molar-refractivity contribution < 1.29 is 19.0 Å². The normalized spacial score (nSPS) is 17.8. The largest absolute Gasteiger partial charge is 0.507 e. The van der Waals surface area contributed by atoms with Crippen LogP contribution < -0.4 is 10.3 Å². The van der Waals surface area contributed by atoms with E-state index in [0.717, 1.165) is 19.3 Å². The summed E-state index contributed by atoms with van der Waals surface area (Å²) < 4.78 is 20.0. The van der Waals surface area contributed by atoms with Crippen LogP contribution in [0.5, 0.6) is 11.6 Å². The Morgan fingerprint density at radius 3 is 2.47 bits per heavy atom. The number of amides is 1. The van der Waals surface area contributed by atoms with Crippen molar-refractivity contribution in [3.05, 3.63) is 91.7 Å². The van der Waals surface area contributed by atoms with Crippen LogP contribution in [0.25, 0.3) is 5.76 Å². The highest BCUT2D eigenvalue weighted by Crippen LogP contribution is 2.45. The number of aromatic amines is 2. The molecule has 7 nitrogen and oxygen atoms in total. The Labute approximate surface area is 199 Å². The third-order valence-corrected chi connectivity index (χ3v) is 6.40. The molecule has 1 amide bonds. The van der Waals surface area contributed by atoms with E-state index in [1.165, 1.54) is 18.2 Å². The highest BCUT2D eigenvalue weighted by atomic mass is 32.1. The number of H-pyrrole nitrogens is 2. The number of piperidine rings is 1. The first kappa shape index (κ1) is 22.1. The number of rotatable bonds is 3. The fraction of sp³-hybridized carbons (Fsp3) is 0.240. The second-order valence-electron chi connectivity index (χ2n) is 8.35. The molecule has 0 saturated carbocycles. The van der Waals surface area contributed by atoms with Gasteiger partial charge in [-0.3, -0.25) is 14.6 Å². The highest BCUT2D eigenvalue weighted by Gasteiger charge is 2.40. The van der Waals surface area contributed by atoms with Crippen molar-refractivity contribution in [3.63, 3.8) is 0 Å². The topological polar surface area (TPSA) is 98.4 Å². The van der Waals surface area contributed by atoms with Crippen LogP contribution in [0.15, 0.2) is 58.9 Å². The van der Waals surface area contributed by atoms with E-state index >= 15 is 0 Å². The van der Waals surface area contributed by atoms with Gasteiger partial charge in [-0.1, -0.05) is 24.3 Å². The molecule has 3 heterocycles. The predicted molar refractivity (Wildman–Crippen MR) is 127 cm³/mol. The number of para-hydroxylation sites is 1. The summed E-state index contributed by atoms with van der Waals surface area (Å²) in [6.07, 6.45) is 2.78. The lowest BCUT2D eigenvalue weighted by Crippen LogP contribution is -2.40. The summed E-state index contributed by atoms with van der Waals surface area (Å²) in [4.78, 5) is 34.2. The van der Waals surface area contributed by atoms with Crippen molar-refractivity contribution in [1.29, 1.82) is 0 Å². The maximum Gasteiger partial charge on any atom is 0.259 e. The van der Waals surface area contributed by atoms with Crippen LogP contribution in [-0.4, -0.2) is 39.0 Å². The van der Waals surface area contributed by atoms with Crippen LogP contribution in [0.2, 0.25) is 0 Å². The van der Waals surface area contributed by atoms with Crippen molar-refractivity contribution in [3.8, 4) is 11.6 Å². The average Bonchev–Trinajstić information content (AvgIpc) is 2.84. The number of aromatic nitrogens is 2. The quantitative estimate of drug-likeness (QED) is 0.489. The number of nitrogens with zero attached hydrogens (tertiary/aromatic N) is 1. The predicted octanol–water partition coefficient (Wildman–Crippen LogP) is 4.23. The van der Waals surface area contributed by atoms with Crippen LogP contribution in [0, 0.1) is 10.6 Å². The Bertz CT molecular complexity index is 1400. The molecule has 1 unspecified atom stereocenters. The molecule has 0 aliphatic carbocycles. The fourth-order valence-electron chi connectivity index (χ4n) is 4.59. The van der Waals surface area contributed by atoms with Crippen LogP contribution in [0.1, 0.15) is 41.9 Å². The lowest BCUT2D eigenvalue weighted by atomic mass is 9.81. The number of halogens is 1. The molecule has 34 heavy (non-hydrogen) atoms. The molecular formula is C25H22FN3O4S. The molecule has 3 aromatic rings. The number of likely N-dealkylation sites (tertiary alicyclic amines) is 1. The molecular weight excluding hydrogens is 457 g/mol. The minimum absolute atomic E-state index is 0.0593. The fourth-order valence-corrected chi connectivity index (χ4v) is 4.78. The number of benzene rings is 2. The van der Waals surface area contributed by atoms with Gasteiger partial charge in [0, 0.05) is 13.1 Å². The molecule has 1 aromatic heterocycles. The van der Waals surface area contributed by atoms with E-state index in [9.17, 15) is 19.1 Å². The molecule has 2 aliphatic heterocycles. The van der Waals surface area contributed by atoms with Crippen molar-refractivity contribution in [2.45, 2.75) is 25.2 Å². The molecule has 174 valence electrons. The first-order valence-electron chi connectivity index (χ1n) is 11.1. The van der Waals surface area contributed by atoms with E-state index in [1.807, 2.05) is 0 Å². The van der Waals surface area contributed by atoms with E-state index < -0.39 is 17.3 Å². The summed E-state index contributed by atoms with van der Waals surface area (Å²) in [5.74, 6) is -1.47. The van der Waals surface area contributed by atoms with Gasteiger partial charge in [-0.05, 0) is 61.3 Å². The number of phenols is 1. The SMILES string of the molecule is O=C(C1=C(c2ccccc2O)Oc2[nH]c(=S)[nH]c(=O)c2C1c1ccc(F)cc1)N1CCCCC1. The number of carbonyl (C=O) groups is 1.